The van der Waals surface area contributed by atoms with E-state index in [1.807, 2.05) is 0 Å². The number of carbonyl (C=O) groups excluding carboxylic acids is 2. The number of carbonyl (C=O) groups is 2. The Morgan fingerprint density at radius 1 is 1.35 bits per heavy atom. The van der Waals surface area contributed by atoms with E-state index in [0.29, 0.717) is 25.4 Å². The molecule has 10 heteroatoms. The third-order valence-electron chi connectivity index (χ3n) is 3.99. The van der Waals surface area contributed by atoms with E-state index in [4.69, 9.17) is 4.74 Å². The van der Waals surface area contributed by atoms with Gasteiger partial charge < -0.3 is 20.3 Å². The van der Waals surface area contributed by atoms with Gasteiger partial charge in [0.1, 0.15) is 18.5 Å². The van der Waals surface area contributed by atoms with Gasteiger partial charge in [-0.3, -0.25) is 9.36 Å². The maximum absolute atomic E-state index is 14.0. The fourth-order valence-corrected chi connectivity index (χ4v) is 2.61. The monoisotopic (exact) mass is 362 g/mol. The van der Waals surface area contributed by atoms with E-state index < -0.39 is 11.8 Å². The first-order chi connectivity index (χ1) is 12.5. The lowest BCUT2D eigenvalue weighted by Gasteiger charge is -2.32. The number of halogens is 1. The molecule has 1 fully saturated rings. The van der Waals surface area contributed by atoms with Crippen molar-refractivity contribution in [2.75, 3.05) is 31.6 Å². The lowest BCUT2D eigenvalue weighted by atomic mass is 10.2. The second-order valence-corrected chi connectivity index (χ2v) is 5.83. The average Bonchev–Trinajstić information content (AvgIpc) is 3.17. The Hall–Kier alpha value is -3.01. The zero-order valence-corrected chi connectivity index (χ0v) is 14.2. The van der Waals surface area contributed by atoms with E-state index in [1.54, 1.807) is 15.5 Å². The van der Waals surface area contributed by atoms with E-state index in [2.05, 4.69) is 20.8 Å². The second kappa shape index (κ2) is 7.91. The van der Waals surface area contributed by atoms with Crippen molar-refractivity contribution in [2.45, 2.75) is 13.0 Å². The van der Waals surface area contributed by atoms with E-state index in [9.17, 15) is 14.0 Å². The van der Waals surface area contributed by atoms with E-state index in [1.165, 1.54) is 31.7 Å². The summed E-state index contributed by atoms with van der Waals surface area (Å²) in [5.41, 5.74) is 0.642. The van der Waals surface area contributed by atoms with Crippen LogP contribution in [-0.2, 0) is 9.53 Å². The van der Waals surface area contributed by atoms with Crippen LogP contribution >= 0.6 is 0 Å². The summed E-state index contributed by atoms with van der Waals surface area (Å²) in [5, 5.41) is 12.5. The molecule has 1 aliphatic heterocycles. The highest BCUT2D eigenvalue weighted by atomic mass is 19.1. The van der Waals surface area contributed by atoms with Crippen LogP contribution in [0.1, 0.15) is 6.92 Å². The van der Waals surface area contributed by atoms with Crippen LogP contribution in [0.4, 0.5) is 14.9 Å². The summed E-state index contributed by atoms with van der Waals surface area (Å²) in [4.78, 5) is 25.1. The van der Waals surface area contributed by atoms with Gasteiger partial charge >= 0.3 is 6.03 Å². The van der Waals surface area contributed by atoms with Crippen molar-refractivity contribution in [3.05, 3.63) is 36.7 Å². The number of amides is 3. The SMILES string of the molecule is CC(=O)N1CCO[C@@H](CNC(=O)Nc2cc(-n3cnnc3)ccc2F)C1. The van der Waals surface area contributed by atoms with Crippen LogP contribution in [0.5, 0.6) is 0 Å². The molecule has 0 aliphatic carbocycles. The zero-order valence-electron chi connectivity index (χ0n) is 14.2. The minimum Gasteiger partial charge on any atom is -0.373 e. The van der Waals surface area contributed by atoms with Crippen LogP contribution in [0.25, 0.3) is 5.69 Å². The molecule has 1 atom stereocenters. The van der Waals surface area contributed by atoms with Gasteiger partial charge in [-0.25, -0.2) is 9.18 Å². The molecule has 2 N–H and O–H groups in total. The van der Waals surface area contributed by atoms with Crippen molar-refractivity contribution in [1.82, 2.24) is 25.0 Å². The molecule has 3 amide bonds. The molecular formula is C16H19FN6O3. The summed E-state index contributed by atoms with van der Waals surface area (Å²) in [7, 11) is 0. The first-order valence-corrected chi connectivity index (χ1v) is 8.09. The average molecular weight is 362 g/mol. The number of aromatic nitrogens is 3. The van der Waals surface area contributed by atoms with Crippen molar-refractivity contribution >= 4 is 17.6 Å². The van der Waals surface area contributed by atoms with Gasteiger partial charge in [0.2, 0.25) is 5.91 Å². The number of ether oxygens (including phenoxy) is 1. The maximum Gasteiger partial charge on any atom is 0.319 e. The van der Waals surface area contributed by atoms with Crippen LogP contribution in [0, 0.1) is 5.82 Å². The van der Waals surface area contributed by atoms with Crippen molar-refractivity contribution < 1.29 is 18.7 Å². The Morgan fingerprint density at radius 3 is 2.85 bits per heavy atom. The standard InChI is InChI=1S/C16H19FN6O3/c1-11(24)22-4-5-26-13(8-22)7-18-16(25)21-15-6-12(2-3-14(15)17)23-9-19-20-10-23/h2-3,6,9-10,13H,4-5,7-8H2,1H3,(H2,18,21,25)/t13-/m0/s1. The van der Waals surface area contributed by atoms with Crippen molar-refractivity contribution in [3.8, 4) is 5.69 Å². The van der Waals surface area contributed by atoms with Crippen LogP contribution in [0.3, 0.4) is 0 Å². The molecule has 0 bridgehead atoms. The van der Waals surface area contributed by atoms with E-state index in [-0.39, 0.29) is 24.2 Å². The highest BCUT2D eigenvalue weighted by Crippen LogP contribution is 2.18. The van der Waals surface area contributed by atoms with Gasteiger partial charge in [0.15, 0.2) is 0 Å². The molecule has 0 radical (unpaired) electrons. The van der Waals surface area contributed by atoms with Gasteiger partial charge in [-0.05, 0) is 18.2 Å². The summed E-state index contributed by atoms with van der Waals surface area (Å²) < 4.78 is 21.1. The molecule has 9 nitrogen and oxygen atoms in total. The molecule has 3 rings (SSSR count). The predicted octanol–water partition coefficient (Wildman–Crippen LogP) is 0.775. The Balaban J connectivity index is 1.56. The summed E-state index contributed by atoms with van der Waals surface area (Å²) in [5.74, 6) is -0.593. The number of anilines is 1. The maximum atomic E-state index is 14.0. The molecule has 138 valence electrons. The van der Waals surface area contributed by atoms with Crippen LogP contribution in [-0.4, -0.2) is 63.9 Å². The van der Waals surface area contributed by atoms with Crippen LogP contribution in [0.15, 0.2) is 30.9 Å². The molecule has 0 saturated carbocycles. The molecule has 1 saturated heterocycles. The van der Waals surface area contributed by atoms with Crippen molar-refractivity contribution in [1.29, 1.82) is 0 Å². The highest BCUT2D eigenvalue weighted by Gasteiger charge is 2.22. The summed E-state index contributed by atoms with van der Waals surface area (Å²) >= 11 is 0. The first-order valence-electron chi connectivity index (χ1n) is 8.09. The Bertz CT molecular complexity index is 782. The Kier molecular flexibility index (Phi) is 5.42. The molecular weight excluding hydrogens is 343 g/mol. The number of nitrogens with one attached hydrogen (secondary N) is 2. The van der Waals surface area contributed by atoms with Gasteiger partial charge in [-0.15, -0.1) is 10.2 Å². The van der Waals surface area contributed by atoms with Gasteiger partial charge in [0, 0.05) is 26.6 Å². The Labute approximate surface area is 149 Å². The Morgan fingerprint density at radius 2 is 2.12 bits per heavy atom. The van der Waals surface area contributed by atoms with Crippen molar-refractivity contribution in [3.63, 3.8) is 0 Å². The predicted molar refractivity (Wildman–Crippen MR) is 90.3 cm³/mol. The molecule has 0 spiro atoms. The minimum absolute atomic E-state index is 0.0311. The fraction of sp³-hybridized carbons (Fsp3) is 0.375. The van der Waals surface area contributed by atoms with Gasteiger partial charge in [0.05, 0.1) is 24.1 Å². The van der Waals surface area contributed by atoms with Gasteiger partial charge in [-0.2, -0.15) is 0 Å². The van der Waals surface area contributed by atoms with Crippen LogP contribution in [0.2, 0.25) is 0 Å². The molecule has 1 aromatic carbocycles. The molecule has 1 aromatic heterocycles. The number of morpholine rings is 1. The lowest BCUT2D eigenvalue weighted by Crippen LogP contribution is -2.49. The number of hydrogen-bond acceptors (Lipinski definition) is 5. The normalized spacial score (nSPS) is 17.0. The summed E-state index contributed by atoms with van der Waals surface area (Å²) in [6.07, 6.45) is 2.64. The lowest BCUT2D eigenvalue weighted by molar-refractivity contribution is -0.136. The molecule has 1 aliphatic rings. The number of nitrogens with zero attached hydrogens (tertiary/aromatic N) is 4. The number of hydrogen-bond donors (Lipinski definition) is 2. The van der Waals surface area contributed by atoms with Gasteiger partial charge in [0.25, 0.3) is 0 Å². The number of urea groups is 1. The quantitative estimate of drug-likeness (QED) is 0.837. The van der Waals surface area contributed by atoms with E-state index >= 15 is 0 Å². The van der Waals surface area contributed by atoms with Crippen LogP contribution < -0.4 is 10.6 Å². The van der Waals surface area contributed by atoms with Gasteiger partial charge in [-0.1, -0.05) is 0 Å². The molecule has 2 heterocycles. The highest BCUT2D eigenvalue weighted by molar-refractivity contribution is 5.89. The number of rotatable bonds is 4. The van der Waals surface area contributed by atoms with E-state index in [0.717, 1.165) is 0 Å². The first kappa shape index (κ1) is 17.8. The molecule has 2 aromatic rings. The smallest absolute Gasteiger partial charge is 0.319 e. The third kappa shape index (κ3) is 4.33. The van der Waals surface area contributed by atoms with Crippen molar-refractivity contribution in [2.24, 2.45) is 0 Å². The zero-order chi connectivity index (χ0) is 18.5. The molecule has 26 heavy (non-hydrogen) atoms. The minimum atomic E-state index is -0.562. The topological polar surface area (TPSA) is 101 Å². The third-order valence-corrected chi connectivity index (χ3v) is 3.99. The largest absolute Gasteiger partial charge is 0.373 e. The second-order valence-electron chi connectivity index (χ2n) is 5.83. The summed E-state index contributed by atoms with van der Waals surface area (Å²) in [6.45, 7) is 3.08. The summed E-state index contributed by atoms with van der Waals surface area (Å²) in [6, 6.07) is 3.72. The number of benzene rings is 1. The molecule has 0 unspecified atom stereocenters. The fourth-order valence-electron chi connectivity index (χ4n) is 2.61.